The third-order valence-electron chi connectivity index (χ3n) is 7.19. The molecule has 0 bridgehead atoms. The fourth-order valence-corrected chi connectivity index (χ4v) is 7.00. The first-order valence-corrected chi connectivity index (χ1v) is 13.2. The van der Waals surface area contributed by atoms with Crippen LogP contribution in [-0.2, 0) is 41.6 Å². The van der Waals surface area contributed by atoms with Gasteiger partial charge in [-0.25, -0.2) is 4.79 Å². The average Bonchev–Trinajstić information content (AvgIpc) is 3.48. The van der Waals surface area contributed by atoms with Gasteiger partial charge in [0.1, 0.15) is 5.00 Å². The quantitative estimate of drug-likeness (QED) is 0.610. The lowest BCUT2D eigenvalue weighted by Crippen LogP contribution is -2.18. The largest absolute Gasteiger partial charge is 0.462 e. The molecule has 172 valence electrons. The summed E-state index contributed by atoms with van der Waals surface area (Å²) in [6, 6.07) is 0.489. The van der Waals surface area contributed by atoms with Gasteiger partial charge in [0.2, 0.25) is 5.91 Å². The molecule has 3 aliphatic rings. The van der Waals surface area contributed by atoms with Crippen LogP contribution >= 0.6 is 11.3 Å². The summed E-state index contributed by atoms with van der Waals surface area (Å²) >= 11 is 1.54. The zero-order valence-corrected chi connectivity index (χ0v) is 19.8. The highest BCUT2D eigenvalue weighted by Crippen LogP contribution is 2.40. The van der Waals surface area contributed by atoms with E-state index in [2.05, 4.69) is 10.00 Å². The topological polar surface area (TPSA) is 73.2 Å². The molecule has 2 heterocycles. The molecule has 0 aliphatic heterocycles. The van der Waals surface area contributed by atoms with E-state index in [-0.39, 0.29) is 18.3 Å². The Morgan fingerprint density at radius 3 is 2.62 bits per heavy atom. The molecule has 1 N–H and O–H groups in total. The maximum Gasteiger partial charge on any atom is 0.341 e. The molecule has 32 heavy (non-hydrogen) atoms. The number of nitrogens with zero attached hydrogens (tertiary/aromatic N) is 2. The Labute approximate surface area is 193 Å². The van der Waals surface area contributed by atoms with E-state index in [4.69, 9.17) is 9.84 Å². The second kappa shape index (κ2) is 9.38. The molecule has 0 atom stereocenters. The monoisotopic (exact) mass is 455 g/mol. The molecule has 2 aromatic heterocycles. The number of amides is 1. The van der Waals surface area contributed by atoms with Crippen molar-refractivity contribution in [2.75, 3.05) is 11.9 Å². The SMILES string of the molecule is CCOC(=O)c1c(NC(=O)Cc2nn(C3CCCCC3)c3c2CCCC3)sc2c1CCC2. The fraction of sp³-hybridized carbons (Fsp3) is 0.640. The predicted molar refractivity (Wildman–Crippen MR) is 126 cm³/mol. The molecule has 0 unspecified atom stereocenters. The number of fused-ring (bicyclic) bond motifs is 2. The summed E-state index contributed by atoms with van der Waals surface area (Å²) in [5.74, 6) is -0.404. The highest BCUT2D eigenvalue weighted by molar-refractivity contribution is 7.17. The molecule has 5 rings (SSSR count). The minimum Gasteiger partial charge on any atom is -0.462 e. The van der Waals surface area contributed by atoms with Gasteiger partial charge in [0.15, 0.2) is 0 Å². The molecule has 1 amide bonds. The van der Waals surface area contributed by atoms with E-state index in [1.165, 1.54) is 61.1 Å². The molecule has 0 spiro atoms. The third-order valence-corrected chi connectivity index (χ3v) is 8.40. The summed E-state index contributed by atoms with van der Waals surface area (Å²) in [6.07, 6.45) is 13.9. The molecular formula is C25H33N3O3S. The third kappa shape index (κ3) is 4.12. The molecule has 6 nitrogen and oxygen atoms in total. The molecule has 0 radical (unpaired) electrons. The first kappa shape index (κ1) is 21.7. The highest BCUT2D eigenvalue weighted by atomic mass is 32.1. The van der Waals surface area contributed by atoms with Gasteiger partial charge in [-0.1, -0.05) is 19.3 Å². The number of anilines is 1. The number of hydrogen-bond donors (Lipinski definition) is 1. The minimum absolute atomic E-state index is 0.0860. The van der Waals surface area contributed by atoms with Gasteiger partial charge in [-0.2, -0.15) is 5.10 Å². The number of aryl methyl sites for hydroxylation is 1. The number of rotatable bonds is 6. The summed E-state index contributed by atoms with van der Waals surface area (Å²) in [6.45, 7) is 2.15. The zero-order chi connectivity index (χ0) is 22.1. The van der Waals surface area contributed by atoms with Gasteiger partial charge in [0, 0.05) is 10.6 Å². The maximum atomic E-state index is 13.1. The van der Waals surface area contributed by atoms with Gasteiger partial charge in [-0.15, -0.1) is 11.3 Å². The number of thiophene rings is 1. The molecule has 2 aromatic rings. The lowest BCUT2D eigenvalue weighted by molar-refractivity contribution is -0.115. The van der Waals surface area contributed by atoms with Gasteiger partial charge in [-0.3, -0.25) is 9.48 Å². The second-order valence-corrected chi connectivity index (χ2v) is 10.4. The molecular weight excluding hydrogens is 422 g/mol. The number of carbonyl (C=O) groups excluding carboxylic acids is 2. The second-order valence-electron chi connectivity index (χ2n) is 9.32. The van der Waals surface area contributed by atoms with Crippen molar-refractivity contribution in [2.24, 2.45) is 0 Å². The summed E-state index contributed by atoms with van der Waals surface area (Å²) in [7, 11) is 0. The number of nitrogens with one attached hydrogen (secondary N) is 1. The number of carbonyl (C=O) groups is 2. The van der Waals surface area contributed by atoms with Gasteiger partial charge >= 0.3 is 5.97 Å². The number of esters is 1. The Bertz CT molecular complexity index is 1020. The minimum atomic E-state index is -0.318. The smallest absolute Gasteiger partial charge is 0.341 e. The maximum absolute atomic E-state index is 13.1. The van der Waals surface area contributed by atoms with Crippen molar-refractivity contribution in [3.8, 4) is 0 Å². The van der Waals surface area contributed by atoms with E-state index >= 15 is 0 Å². The van der Waals surface area contributed by atoms with E-state index in [9.17, 15) is 9.59 Å². The van der Waals surface area contributed by atoms with Crippen molar-refractivity contribution < 1.29 is 14.3 Å². The number of ether oxygens (including phenoxy) is 1. The van der Waals surface area contributed by atoms with Crippen LogP contribution in [0.25, 0.3) is 0 Å². The van der Waals surface area contributed by atoms with Gasteiger partial charge in [0.05, 0.1) is 30.3 Å². The van der Waals surface area contributed by atoms with E-state index in [1.54, 1.807) is 11.3 Å². The van der Waals surface area contributed by atoms with Crippen LogP contribution in [0.1, 0.15) is 102 Å². The van der Waals surface area contributed by atoms with Crippen molar-refractivity contribution in [3.63, 3.8) is 0 Å². The average molecular weight is 456 g/mol. The van der Waals surface area contributed by atoms with Crippen molar-refractivity contribution in [1.29, 1.82) is 0 Å². The Balaban J connectivity index is 1.37. The van der Waals surface area contributed by atoms with Crippen LogP contribution in [0.4, 0.5) is 5.00 Å². The lowest BCUT2D eigenvalue weighted by Gasteiger charge is -2.25. The van der Waals surface area contributed by atoms with E-state index in [0.29, 0.717) is 23.2 Å². The first-order valence-electron chi connectivity index (χ1n) is 12.4. The fourth-order valence-electron chi connectivity index (χ4n) is 5.71. The molecule has 0 saturated heterocycles. The molecule has 1 saturated carbocycles. The number of hydrogen-bond acceptors (Lipinski definition) is 5. The Morgan fingerprint density at radius 1 is 1.03 bits per heavy atom. The van der Waals surface area contributed by atoms with Crippen molar-refractivity contribution >= 4 is 28.2 Å². The Hall–Kier alpha value is -2.15. The van der Waals surface area contributed by atoms with E-state index in [1.807, 2.05) is 6.92 Å². The van der Waals surface area contributed by atoms with Crippen LogP contribution in [0.15, 0.2) is 0 Å². The van der Waals surface area contributed by atoms with Crippen molar-refractivity contribution in [2.45, 2.75) is 96.4 Å². The summed E-state index contributed by atoms with van der Waals surface area (Å²) in [4.78, 5) is 26.9. The first-order chi connectivity index (χ1) is 15.7. The van der Waals surface area contributed by atoms with Crippen LogP contribution in [0, 0.1) is 0 Å². The van der Waals surface area contributed by atoms with Crippen LogP contribution in [0.3, 0.4) is 0 Å². The van der Waals surface area contributed by atoms with Crippen LogP contribution < -0.4 is 5.32 Å². The van der Waals surface area contributed by atoms with Crippen LogP contribution in [0.5, 0.6) is 0 Å². The van der Waals surface area contributed by atoms with Crippen LogP contribution in [0.2, 0.25) is 0 Å². The van der Waals surface area contributed by atoms with Gasteiger partial charge in [-0.05, 0) is 75.8 Å². The van der Waals surface area contributed by atoms with Crippen molar-refractivity contribution in [1.82, 2.24) is 9.78 Å². The lowest BCUT2D eigenvalue weighted by atomic mass is 9.92. The normalized spacial score (nSPS) is 18.3. The Kier molecular flexibility index (Phi) is 6.35. The predicted octanol–water partition coefficient (Wildman–Crippen LogP) is 5.18. The molecule has 3 aliphatic carbocycles. The van der Waals surface area contributed by atoms with Gasteiger partial charge in [0.25, 0.3) is 0 Å². The summed E-state index contributed by atoms with van der Waals surface area (Å²) in [5.41, 5.74) is 5.25. The summed E-state index contributed by atoms with van der Waals surface area (Å²) < 4.78 is 7.58. The Morgan fingerprint density at radius 2 is 1.81 bits per heavy atom. The molecule has 1 fully saturated rings. The van der Waals surface area contributed by atoms with Gasteiger partial charge < -0.3 is 10.1 Å². The zero-order valence-electron chi connectivity index (χ0n) is 19.0. The van der Waals surface area contributed by atoms with E-state index in [0.717, 1.165) is 43.4 Å². The summed E-state index contributed by atoms with van der Waals surface area (Å²) in [5, 5.41) is 8.71. The standard InChI is InChI=1S/C25H33N3O3S/c1-2-31-25(30)23-18-12-8-14-21(18)32-24(23)26-22(29)15-19-17-11-6-7-13-20(17)28(27-19)16-9-4-3-5-10-16/h16H,2-15H2,1H3,(H,26,29). The van der Waals surface area contributed by atoms with Crippen LogP contribution in [-0.4, -0.2) is 28.3 Å². The van der Waals surface area contributed by atoms with Crippen molar-refractivity contribution in [3.05, 3.63) is 33.0 Å². The molecule has 0 aromatic carbocycles. The highest BCUT2D eigenvalue weighted by Gasteiger charge is 2.30. The van der Waals surface area contributed by atoms with E-state index < -0.39 is 0 Å². The number of aromatic nitrogens is 2. The molecule has 7 heteroatoms.